The van der Waals surface area contributed by atoms with Crippen molar-refractivity contribution in [3.05, 3.63) is 16.6 Å². The van der Waals surface area contributed by atoms with Crippen molar-refractivity contribution < 1.29 is 0 Å². The van der Waals surface area contributed by atoms with E-state index < -0.39 is 0 Å². The third-order valence-corrected chi connectivity index (χ3v) is 4.27. The van der Waals surface area contributed by atoms with E-state index in [1.54, 1.807) is 11.3 Å². The quantitative estimate of drug-likeness (QED) is 0.601. The monoisotopic (exact) mass is 268 g/mol. The lowest BCUT2D eigenvalue weighted by atomic mass is 10.0. The molecular formula is C15H28N2S. The van der Waals surface area contributed by atoms with Crippen molar-refractivity contribution >= 4 is 11.3 Å². The Morgan fingerprint density at radius 1 is 1.17 bits per heavy atom. The van der Waals surface area contributed by atoms with Gasteiger partial charge in [-0.05, 0) is 13.5 Å². The van der Waals surface area contributed by atoms with Crippen molar-refractivity contribution in [1.82, 2.24) is 10.3 Å². The summed E-state index contributed by atoms with van der Waals surface area (Å²) in [6.45, 7) is 2.27. The van der Waals surface area contributed by atoms with Crippen molar-refractivity contribution in [3.63, 3.8) is 0 Å². The Balaban J connectivity index is 2.01. The minimum atomic E-state index is 0.604. The highest BCUT2D eigenvalue weighted by atomic mass is 32.1. The lowest BCUT2D eigenvalue weighted by Gasteiger charge is -2.14. The van der Waals surface area contributed by atoms with Gasteiger partial charge in [0.2, 0.25) is 0 Å². The summed E-state index contributed by atoms with van der Waals surface area (Å²) in [7, 11) is 2.07. The average molecular weight is 268 g/mol. The number of likely N-dealkylation sites (N-methyl/N-ethyl adjacent to an activating group) is 1. The van der Waals surface area contributed by atoms with Crippen LogP contribution in [0.1, 0.15) is 63.3 Å². The second-order valence-corrected chi connectivity index (χ2v) is 6.00. The van der Waals surface area contributed by atoms with Crippen LogP contribution in [0.3, 0.4) is 0 Å². The maximum atomic E-state index is 4.36. The lowest BCUT2D eigenvalue weighted by Crippen LogP contribution is -2.27. The average Bonchev–Trinajstić information content (AvgIpc) is 2.89. The SMILES string of the molecule is CCCCCCCCCC(Cc1nccs1)NC. The molecule has 1 heterocycles. The summed E-state index contributed by atoms with van der Waals surface area (Å²) in [5, 5.41) is 6.74. The number of thiazole rings is 1. The molecule has 0 spiro atoms. The predicted molar refractivity (Wildman–Crippen MR) is 81.3 cm³/mol. The molecule has 2 nitrogen and oxygen atoms in total. The minimum absolute atomic E-state index is 0.604. The van der Waals surface area contributed by atoms with Gasteiger partial charge in [0.25, 0.3) is 0 Å². The molecule has 1 aromatic rings. The summed E-state index contributed by atoms with van der Waals surface area (Å²) in [4.78, 5) is 4.36. The first kappa shape index (κ1) is 15.6. The Labute approximate surface area is 116 Å². The van der Waals surface area contributed by atoms with Crippen molar-refractivity contribution in [3.8, 4) is 0 Å². The third-order valence-electron chi connectivity index (χ3n) is 3.47. The molecule has 0 amide bonds. The number of rotatable bonds is 11. The normalized spacial score (nSPS) is 12.8. The minimum Gasteiger partial charge on any atom is -0.317 e. The van der Waals surface area contributed by atoms with Gasteiger partial charge in [0, 0.05) is 24.0 Å². The van der Waals surface area contributed by atoms with E-state index in [9.17, 15) is 0 Å². The van der Waals surface area contributed by atoms with E-state index >= 15 is 0 Å². The number of nitrogens with zero attached hydrogens (tertiary/aromatic N) is 1. The molecule has 0 fully saturated rings. The van der Waals surface area contributed by atoms with E-state index in [0.29, 0.717) is 6.04 Å². The van der Waals surface area contributed by atoms with Gasteiger partial charge in [0.05, 0.1) is 5.01 Å². The Bertz CT molecular complexity index is 272. The molecule has 0 aromatic carbocycles. The number of aromatic nitrogens is 1. The molecule has 0 bridgehead atoms. The van der Waals surface area contributed by atoms with Crippen LogP contribution in [0.5, 0.6) is 0 Å². The third kappa shape index (κ3) is 7.12. The first-order valence-electron chi connectivity index (χ1n) is 7.42. The fourth-order valence-electron chi connectivity index (χ4n) is 2.26. The zero-order valence-electron chi connectivity index (χ0n) is 12.0. The van der Waals surface area contributed by atoms with Crippen LogP contribution in [-0.4, -0.2) is 18.1 Å². The summed E-state index contributed by atoms with van der Waals surface area (Å²) < 4.78 is 0. The Morgan fingerprint density at radius 3 is 2.50 bits per heavy atom. The van der Waals surface area contributed by atoms with Gasteiger partial charge >= 0.3 is 0 Å². The van der Waals surface area contributed by atoms with Crippen LogP contribution < -0.4 is 5.32 Å². The summed E-state index contributed by atoms with van der Waals surface area (Å²) >= 11 is 1.77. The van der Waals surface area contributed by atoms with Crippen LogP contribution in [0.15, 0.2) is 11.6 Å². The molecule has 1 rings (SSSR count). The van der Waals surface area contributed by atoms with Crippen molar-refractivity contribution in [2.75, 3.05) is 7.05 Å². The van der Waals surface area contributed by atoms with Gasteiger partial charge in [-0.2, -0.15) is 0 Å². The summed E-state index contributed by atoms with van der Waals surface area (Å²) in [5.41, 5.74) is 0. The molecule has 1 N–H and O–H groups in total. The maximum Gasteiger partial charge on any atom is 0.0940 e. The van der Waals surface area contributed by atoms with E-state index in [4.69, 9.17) is 0 Å². The van der Waals surface area contributed by atoms with Crippen LogP contribution in [0, 0.1) is 0 Å². The van der Waals surface area contributed by atoms with Gasteiger partial charge in [-0.3, -0.25) is 0 Å². The summed E-state index contributed by atoms with van der Waals surface area (Å²) in [6, 6.07) is 0.604. The second kappa shape index (κ2) is 10.5. The fraction of sp³-hybridized carbons (Fsp3) is 0.800. The molecular weight excluding hydrogens is 240 g/mol. The number of unbranched alkanes of at least 4 members (excludes halogenated alkanes) is 6. The molecule has 0 saturated carbocycles. The summed E-state index contributed by atoms with van der Waals surface area (Å²) in [6.07, 6.45) is 14.0. The number of hydrogen-bond acceptors (Lipinski definition) is 3. The van der Waals surface area contributed by atoms with Gasteiger partial charge in [-0.15, -0.1) is 11.3 Å². The number of nitrogens with one attached hydrogen (secondary N) is 1. The largest absolute Gasteiger partial charge is 0.317 e. The number of hydrogen-bond donors (Lipinski definition) is 1. The van der Waals surface area contributed by atoms with Gasteiger partial charge < -0.3 is 5.32 Å². The Kier molecular flexibility index (Phi) is 9.13. The van der Waals surface area contributed by atoms with Crippen molar-refractivity contribution in [2.45, 2.75) is 70.8 Å². The molecule has 0 aliphatic heterocycles. The molecule has 1 atom stereocenters. The summed E-state index contributed by atoms with van der Waals surface area (Å²) in [5.74, 6) is 0. The zero-order chi connectivity index (χ0) is 13.1. The molecule has 1 aromatic heterocycles. The second-order valence-electron chi connectivity index (χ2n) is 5.03. The van der Waals surface area contributed by atoms with Crippen molar-refractivity contribution in [2.24, 2.45) is 0 Å². The van der Waals surface area contributed by atoms with E-state index in [0.717, 1.165) is 6.42 Å². The van der Waals surface area contributed by atoms with Crippen LogP contribution in [0.2, 0.25) is 0 Å². The fourth-order valence-corrected chi connectivity index (χ4v) is 2.96. The van der Waals surface area contributed by atoms with E-state index in [2.05, 4.69) is 29.7 Å². The Morgan fingerprint density at radius 2 is 1.89 bits per heavy atom. The Hall–Kier alpha value is -0.410. The lowest BCUT2D eigenvalue weighted by molar-refractivity contribution is 0.478. The highest BCUT2D eigenvalue weighted by Gasteiger charge is 2.08. The highest BCUT2D eigenvalue weighted by molar-refractivity contribution is 7.09. The molecule has 3 heteroatoms. The zero-order valence-corrected chi connectivity index (χ0v) is 12.8. The van der Waals surface area contributed by atoms with Crippen LogP contribution in [-0.2, 0) is 6.42 Å². The van der Waals surface area contributed by atoms with E-state index in [-0.39, 0.29) is 0 Å². The molecule has 0 radical (unpaired) electrons. The molecule has 0 saturated heterocycles. The molecule has 0 aliphatic carbocycles. The topological polar surface area (TPSA) is 24.9 Å². The molecule has 0 aliphatic rings. The van der Waals surface area contributed by atoms with Gasteiger partial charge in [0.15, 0.2) is 0 Å². The van der Waals surface area contributed by atoms with Gasteiger partial charge in [0.1, 0.15) is 0 Å². The maximum absolute atomic E-state index is 4.36. The molecule has 1 unspecified atom stereocenters. The molecule has 18 heavy (non-hydrogen) atoms. The standard InChI is InChI=1S/C15H28N2S/c1-3-4-5-6-7-8-9-10-14(16-2)13-15-17-11-12-18-15/h11-12,14,16H,3-10,13H2,1-2H3. The van der Waals surface area contributed by atoms with Crippen LogP contribution in [0.25, 0.3) is 0 Å². The van der Waals surface area contributed by atoms with Gasteiger partial charge in [-0.1, -0.05) is 51.9 Å². The first-order valence-corrected chi connectivity index (χ1v) is 8.30. The van der Waals surface area contributed by atoms with E-state index in [1.807, 2.05) is 6.20 Å². The highest BCUT2D eigenvalue weighted by Crippen LogP contribution is 2.13. The predicted octanol–water partition coefficient (Wildman–Crippen LogP) is 4.41. The van der Waals surface area contributed by atoms with Crippen molar-refractivity contribution in [1.29, 1.82) is 0 Å². The van der Waals surface area contributed by atoms with Crippen LogP contribution in [0.4, 0.5) is 0 Å². The first-order chi connectivity index (χ1) is 8.86. The molecule has 104 valence electrons. The van der Waals surface area contributed by atoms with Crippen LogP contribution >= 0.6 is 11.3 Å². The smallest absolute Gasteiger partial charge is 0.0940 e. The van der Waals surface area contributed by atoms with E-state index in [1.165, 1.54) is 56.4 Å². The van der Waals surface area contributed by atoms with Gasteiger partial charge in [-0.25, -0.2) is 4.98 Å².